The van der Waals surface area contributed by atoms with Gasteiger partial charge in [0, 0.05) is 18.7 Å². The van der Waals surface area contributed by atoms with E-state index < -0.39 is 0 Å². The molecule has 1 aromatic heterocycles. The van der Waals surface area contributed by atoms with Crippen LogP contribution in [-0.2, 0) is 6.54 Å². The number of unbranched alkanes of at least 4 members (excludes halogenated alkanes) is 2. The van der Waals surface area contributed by atoms with Crippen molar-refractivity contribution in [2.24, 2.45) is 0 Å². The topological polar surface area (TPSA) is 66.9 Å². The molecule has 0 aliphatic carbocycles. The first-order chi connectivity index (χ1) is 11.2. The first-order valence-corrected chi connectivity index (χ1v) is 7.78. The second kappa shape index (κ2) is 8.82. The molecule has 2 rings (SSSR count). The Morgan fingerprint density at radius 1 is 1.17 bits per heavy atom. The molecule has 23 heavy (non-hydrogen) atoms. The summed E-state index contributed by atoms with van der Waals surface area (Å²) >= 11 is 0. The van der Waals surface area contributed by atoms with Gasteiger partial charge in [-0.25, -0.2) is 14.4 Å². The molecule has 1 amide bonds. The van der Waals surface area contributed by atoms with Crippen LogP contribution in [0.1, 0.15) is 42.2 Å². The minimum Gasteiger partial charge on any atom is -0.369 e. The molecule has 2 aromatic rings. The van der Waals surface area contributed by atoms with E-state index in [9.17, 15) is 9.18 Å². The highest BCUT2D eigenvalue weighted by Crippen LogP contribution is 2.06. The molecule has 5 nitrogen and oxygen atoms in total. The van der Waals surface area contributed by atoms with E-state index in [1.807, 2.05) is 0 Å². The lowest BCUT2D eigenvalue weighted by molar-refractivity contribution is 0.0945. The summed E-state index contributed by atoms with van der Waals surface area (Å²) in [5.41, 5.74) is 0.642. The molecule has 1 aromatic carbocycles. The van der Waals surface area contributed by atoms with Crippen LogP contribution in [-0.4, -0.2) is 22.4 Å². The number of hydrogen-bond acceptors (Lipinski definition) is 4. The zero-order chi connectivity index (χ0) is 16.5. The smallest absolute Gasteiger partial charge is 0.271 e. The SMILES string of the molecule is CCCCCNc1cnc(C(=O)NCc2ccccc2F)cn1. The van der Waals surface area contributed by atoms with Crippen molar-refractivity contribution in [3.63, 3.8) is 0 Å². The predicted molar refractivity (Wildman–Crippen MR) is 87.6 cm³/mol. The molecule has 2 N–H and O–H groups in total. The normalized spacial score (nSPS) is 10.3. The zero-order valence-electron chi connectivity index (χ0n) is 13.2. The number of nitrogens with one attached hydrogen (secondary N) is 2. The number of aromatic nitrogens is 2. The van der Waals surface area contributed by atoms with Crippen LogP contribution in [0.2, 0.25) is 0 Å². The number of anilines is 1. The quantitative estimate of drug-likeness (QED) is 0.734. The van der Waals surface area contributed by atoms with Crippen LogP contribution in [0.15, 0.2) is 36.7 Å². The summed E-state index contributed by atoms with van der Waals surface area (Å²) in [4.78, 5) is 20.2. The Labute approximate surface area is 135 Å². The average molecular weight is 316 g/mol. The molecule has 0 bridgehead atoms. The second-order valence-electron chi connectivity index (χ2n) is 5.19. The molecule has 0 aliphatic rings. The molecule has 0 fully saturated rings. The Bertz CT molecular complexity index is 631. The third kappa shape index (κ3) is 5.32. The molecule has 0 atom stereocenters. The minimum absolute atomic E-state index is 0.115. The minimum atomic E-state index is -0.377. The lowest BCUT2D eigenvalue weighted by Crippen LogP contribution is -2.24. The highest BCUT2D eigenvalue weighted by molar-refractivity contribution is 5.91. The standard InChI is InChI=1S/C17H21FN4O/c1-2-3-6-9-19-16-12-20-15(11-21-16)17(23)22-10-13-7-4-5-8-14(13)18/h4-5,7-8,11-12H,2-3,6,9-10H2,1H3,(H,19,21)(H,22,23). The van der Waals surface area contributed by atoms with Gasteiger partial charge in [0.15, 0.2) is 0 Å². The van der Waals surface area contributed by atoms with Crippen molar-refractivity contribution in [3.8, 4) is 0 Å². The number of carbonyl (C=O) groups excluding carboxylic acids is 1. The maximum atomic E-state index is 13.5. The summed E-state index contributed by atoms with van der Waals surface area (Å²) in [6.07, 6.45) is 6.34. The predicted octanol–water partition coefficient (Wildman–Crippen LogP) is 3.15. The molecule has 0 radical (unpaired) electrons. The van der Waals surface area contributed by atoms with Crippen molar-refractivity contribution in [2.45, 2.75) is 32.7 Å². The Morgan fingerprint density at radius 3 is 2.70 bits per heavy atom. The fourth-order valence-electron chi connectivity index (χ4n) is 2.04. The zero-order valence-corrected chi connectivity index (χ0v) is 13.2. The van der Waals surface area contributed by atoms with E-state index in [4.69, 9.17) is 0 Å². The number of benzene rings is 1. The van der Waals surface area contributed by atoms with Crippen molar-refractivity contribution in [1.82, 2.24) is 15.3 Å². The number of nitrogens with zero attached hydrogens (tertiary/aromatic N) is 2. The monoisotopic (exact) mass is 316 g/mol. The van der Waals surface area contributed by atoms with E-state index in [0.717, 1.165) is 25.8 Å². The first kappa shape index (κ1) is 16.9. The average Bonchev–Trinajstić information content (AvgIpc) is 2.58. The molecule has 0 aliphatic heterocycles. The van der Waals surface area contributed by atoms with Crippen LogP contribution in [0.25, 0.3) is 0 Å². The summed E-state index contributed by atoms with van der Waals surface area (Å²) < 4.78 is 13.5. The van der Waals surface area contributed by atoms with Gasteiger partial charge in [0.25, 0.3) is 5.91 Å². The summed E-state index contributed by atoms with van der Waals surface area (Å²) in [7, 11) is 0. The summed E-state index contributed by atoms with van der Waals surface area (Å²) in [5.74, 6) is -0.0736. The van der Waals surface area contributed by atoms with Gasteiger partial charge in [-0.1, -0.05) is 38.0 Å². The van der Waals surface area contributed by atoms with Gasteiger partial charge in [0.05, 0.1) is 12.4 Å². The van der Waals surface area contributed by atoms with Gasteiger partial charge in [0.2, 0.25) is 0 Å². The largest absolute Gasteiger partial charge is 0.369 e. The van der Waals surface area contributed by atoms with Gasteiger partial charge >= 0.3 is 0 Å². The van der Waals surface area contributed by atoms with E-state index >= 15 is 0 Å². The molecule has 6 heteroatoms. The lowest BCUT2D eigenvalue weighted by atomic mass is 10.2. The molecule has 122 valence electrons. The third-order valence-electron chi connectivity index (χ3n) is 3.37. The van der Waals surface area contributed by atoms with Crippen LogP contribution >= 0.6 is 0 Å². The van der Waals surface area contributed by atoms with Gasteiger partial charge in [-0.3, -0.25) is 4.79 Å². The van der Waals surface area contributed by atoms with Crippen LogP contribution < -0.4 is 10.6 Å². The molecular formula is C17H21FN4O. The van der Waals surface area contributed by atoms with Crippen LogP contribution in [0.5, 0.6) is 0 Å². The van der Waals surface area contributed by atoms with Crippen molar-refractivity contribution in [2.75, 3.05) is 11.9 Å². The molecule has 0 spiro atoms. The van der Waals surface area contributed by atoms with Gasteiger partial charge in [-0.15, -0.1) is 0 Å². The number of hydrogen-bond donors (Lipinski definition) is 2. The van der Waals surface area contributed by atoms with Gasteiger partial charge in [-0.2, -0.15) is 0 Å². The van der Waals surface area contributed by atoms with Crippen LogP contribution in [0, 0.1) is 5.82 Å². The number of amides is 1. The van der Waals surface area contributed by atoms with Crippen LogP contribution in [0.4, 0.5) is 10.2 Å². The Hall–Kier alpha value is -2.50. The fraction of sp³-hybridized carbons (Fsp3) is 0.353. The van der Waals surface area contributed by atoms with Gasteiger partial charge in [0.1, 0.15) is 17.3 Å². The molecule has 0 saturated carbocycles. The number of halogens is 1. The Morgan fingerprint density at radius 2 is 2.00 bits per heavy atom. The first-order valence-electron chi connectivity index (χ1n) is 7.78. The van der Waals surface area contributed by atoms with Crippen molar-refractivity contribution in [3.05, 3.63) is 53.7 Å². The van der Waals surface area contributed by atoms with E-state index in [0.29, 0.717) is 11.4 Å². The molecule has 0 unspecified atom stereocenters. The lowest BCUT2D eigenvalue weighted by Gasteiger charge is -2.07. The van der Waals surface area contributed by atoms with Crippen molar-refractivity contribution in [1.29, 1.82) is 0 Å². The van der Waals surface area contributed by atoms with Crippen molar-refractivity contribution >= 4 is 11.7 Å². The molecular weight excluding hydrogens is 295 g/mol. The molecule has 1 heterocycles. The van der Waals surface area contributed by atoms with E-state index in [2.05, 4.69) is 27.5 Å². The summed E-state index contributed by atoms with van der Waals surface area (Å²) in [6, 6.07) is 6.33. The summed E-state index contributed by atoms with van der Waals surface area (Å²) in [6.45, 7) is 3.10. The number of carbonyl (C=O) groups is 1. The fourth-order valence-corrected chi connectivity index (χ4v) is 2.04. The Balaban J connectivity index is 1.84. The summed E-state index contributed by atoms with van der Waals surface area (Å²) in [5, 5.41) is 5.79. The second-order valence-corrected chi connectivity index (χ2v) is 5.19. The highest BCUT2D eigenvalue weighted by atomic mass is 19.1. The van der Waals surface area contributed by atoms with Gasteiger partial charge < -0.3 is 10.6 Å². The maximum Gasteiger partial charge on any atom is 0.271 e. The maximum absolute atomic E-state index is 13.5. The van der Waals surface area contributed by atoms with Crippen molar-refractivity contribution < 1.29 is 9.18 Å². The van der Waals surface area contributed by atoms with E-state index in [1.54, 1.807) is 18.2 Å². The number of rotatable bonds is 8. The van der Waals surface area contributed by atoms with E-state index in [1.165, 1.54) is 18.5 Å². The Kier molecular flexibility index (Phi) is 6.47. The molecule has 0 saturated heterocycles. The highest BCUT2D eigenvalue weighted by Gasteiger charge is 2.09. The van der Waals surface area contributed by atoms with Gasteiger partial charge in [-0.05, 0) is 12.5 Å². The third-order valence-corrected chi connectivity index (χ3v) is 3.37. The van der Waals surface area contributed by atoms with Crippen LogP contribution in [0.3, 0.4) is 0 Å². The van der Waals surface area contributed by atoms with E-state index in [-0.39, 0.29) is 24.0 Å².